The second-order valence-electron chi connectivity index (χ2n) is 9.96. The van der Waals surface area contributed by atoms with Crippen LogP contribution in [0, 0.1) is 11.3 Å². The fraction of sp³-hybridized carbons (Fsp3) is 0.348. The third-order valence-electron chi connectivity index (χ3n) is 6.77. The van der Waals surface area contributed by atoms with Crippen LogP contribution in [0.2, 0.25) is 0 Å². The van der Waals surface area contributed by atoms with Gasteiger partial charge in [-0.3, -0.25) is 0 Å². The lowest BCUT2D eigenvalue weighted by atomic mass is 9.40. The molecule has 0 spiro atoms. The van der Waals surface area contributed by atoms with Crippen molar-refractivity contribution in [1.82, 2.24) is 15.5 Å². The van der Waals surface area contributed by atoms with Crippen LogP contribution in [-0.2, 0) is 6.42 Å². The van der Waals surface area contributed by atoms with E-state index in [0.717, 1.165) is 0 Å². The molecule has 1 aromatic heterocycles. The van der Waals surface area contributed by atoms with Crippen LogP contribution >= 0.6 is 0 Å². The molecule has 1 atom stereocenters. The average Bonchev–Trinajstić information content (AvgIpc) is 3.48. The second kappa shape index (κ2) is 10.7. The third kappa shape index (κ3) is 5.03. The number of aromatic nitrogens is 2. The first-order valence-corrected chi connectivity index (χ1v) is 12.1. The number of nitriles is 1. The van der Waals surface area contributed by atoms with Gasteiger partial charge >= 0.3 is 0 Å². The van der Waals surface area contributed by atoms with E-state index in [1.165, 1.54) is 0 Å². The Hall–Kier alpha value is -2.56. The van der Waals surface area contributed by atoms with Crippen LogP contribution in [0.25, 0.3) is 22.8 Å². The highest BCUT2D eigenvalue weighted by atomic mass is 16.5. The molecule has 1 heterocycles. The molecular formula is C23H14B10N4O3. The smallest absolute Gasteiger partial charge is 0.257 e. The lowest BCUT2D eigenvalue weighted by molar-refractivity contribution is 0.169. The summed E-state index contributed by atoms with van der Waals surface area (Å²) in [4.78, 5) is 4.46. The van der Waals surface area contributed by atoms with Crippen LogP contribution in [0.1, 0.15) is 43.0 Å². The van der Waals surface area contributed by atoms with E-state index in [9.17, 15) is 10.4 Å². The van der Waals surface area contributed by atoms with Crippen molar-refractivity contribution in [3.8, 4) is 34.7 Å². The zero-order valence-electron chi connectivity index (χ0n) is 21.9. The third-order valence-corrected chi connectivity index (χ3v) is 6.77. The summed E-state index contributed by atoms with van der Waals surface area (Å²) in [5, 5.41) is 22.1. The number of rotatable bonds is 7. The van der Waals surface area contributed by atoms with E-state index in [2.05, 4.69) is 15.5 Å². The summed E-state index contributed by atoms with van der Waals surface area (Å²) >= 11 is 0. The maximum Gasteiger partial charge on any atom is 0.257 e. The normalized spacial score (nSPS) is 15.2. The molecule has 0 saturated carbocycles. The monoisotopic (exact) mass is 504 g/mol. The minimum Gasteiger partial charge on any atom is -0.490 e. The van der Waals surface area contributed by atoms with Crippen LogP contribution in [0.5, 0.6) is 5.75 Å². The zero-order chi connectivity index (χ0) is 29.9. The Balaban J connectivity index is 1.86. The molecule has 7 nitrogen and oxygen atoms in total. The van der Waals surface area contributed by atoms with Gasteiger partial charge in [-0.25, -0.2) is 0 Å². The summed E-state index contributed by atoms with van der Waals surface area (Å²) < 4.78 is 11.2. The van der Waals surface area contributed by atoms with Crippen molar-refractivity contribution in [2.75, 3.05) is 0 Å². The highest BCUT2D eigenvalue weighted by molar-refractivity contribution is 6.59. The van der Waals surface area contributed by atoms with Crippen molar-refractivity contribution in [3.05, 3.63) is 16.7 Å². The SMILES string of the molecule is [B]c1c([B])c(-c2noc(-c3c([B])c([B])c(OC(C)C)c(C#N)c3[B])n2)c2c(c1[B])[C@@H](NC([B])([B])C([B])([B])O)CC2. The van der Waals surface area contributed by atoms with Gasteiger partial charge in [0.05, 0.1) is 43.1 Å². The highest BCUT2D eigenvalue weighted by Crippen LogP contribution is 2.36. The Kier molecular flexibility index (Phi) is 8.12. The quantitative estimate of drug-likeness (QED) is 0.311. The predicted molar refractivity (Wildman–Crippen MR) is 163 cm³/mol. The summed E-state index contributed by atoms with van der Waals surface area (Å²) in [5.41, 5.74) is 1.73. The summed E-state index contributed by atoms with van der Waals surface area (Å²) in [6, 6.07) is 1.37. The maximum absolute atomic E-state index is 10.0. The molecule has 1 aliphatic rings. The Morgan fingerprint density at radius 3 is 2.17 bits per heavy atom. The first-order valence-electron chi connectivity index (χ1n) is 12.1. The van der Waals surface area contributed by atoms with Gasteiger partial charge in [0.25, 0.3) is 5.89 Å². The molecule has 174 valence electrons. The number of nitrogens with one attached hydrogen (secondary N) is 1. The minimum absolute atomic E-state index is 0.00734. The Morgan fingerprint density at radius 2 is 1.60 bits per heavy atom. The molecule has 1 aliphatic carbocycles. The van der Waals surface area contributed by atoms with E-state index in [4.69, 9.17) is 87.7 Å². The fourth-order valence-corrected chi connectivity index (χ4v) is 4.69. The Morgan fingerprint density at radius 1 is 0.975 bits per heavy atom. The minimum atomic E-state index is -2.46. The molecule has 0 unspecified atom stereocenters. The van der Waals surface area contributed by atoms with Gasteiger partial charge in [0, 0.05) is 17.2 Å². The van der Waals surface area contributed by atoms with Gasteiger partial charge in [-0.05, 0) is 48.6 Å². The number of fused-ring (bicyclic) bond motifs is 1. The molecule has 0 bridgehead atoms. The number of hydrogen-bond acceptors (Lipinski definition) is 7. The first kappa shape index (κ1) is 30.4. The molecule has 0 aliphatic heterocycles. The zero-order valence-corrected chi connectivity index (χ0v) is 21.9. The maximum atomic E-state index is 10.0. The van der Waals surface area contributed by atoms with Crippen molar-refractivity contribution in [2.24, 2.45) is 0 Å². The van der Waals surface area contributed by atoms with Gasteiger partial charge in [-0.15, -0.1) is 5.46 Å². The van der Waals surface area contributed by atoms with Crippen molar-refractivity contribution in [1.29, 1.82) is 5.26 Å². The van der Waals surface area contributed by atoms with Crippen molar-refractivity contribution in [2.45, 2.75) is 49.6 Å². The van der Waals surface area contributed by atoms with Gasteiger partial charge < -0.3 is 19.7 Å². The van der Waals surface area contributed by atoms with Crippen LogP contribution in [0.15, 0.2) is 4.52 Å². The number of aliphatic hydroxyl groups is 1. The number of ether oxygens (including phenoxy) is 1. The molecule has 3 aromatic rings. The average molecular weight is 503 g/mol. The van der Waals surface area contributed by atoms with E-state index in [-0.39, 0.29) is 67.5 Å². The van der Waals surface area contributed by atoms with Crippen LogP contribution in [0.4, 0.5) is 0 Å². The molecule has 2 N–H and O–H groups in total. The van der Waals surface area contributed by atoms with Crippen LogP contribution < -0.4 is 42.8 Å². The van der Waals surface area contributed by atoms with Crippen molar-refractivity contribution < 1.29 is 14.4 Å². The van der Waals surface area contributed by atoms with Crippen LogP contribution in [-0.4, -0.2) is 111 Å². The summed E-state index contributed by atoms with van der Waals surface area (Å²) in [5.74, 6) is -0.0316. The largest absolute Gasteiger partial charge is 0.490 e. The highest BCUT2D eigenvalue weighted by Gasteiger charge is 2.38. The summed E-state index contributed by atoms with van der Waals surface area (Å²) in [6.07, 6.45) is 0.508. The molecule has 2 aromatic carbocycles. The number of hydrogen-bond donors (Lipinski definition) is 2. The molecule has 0 saturated heterocycles. The van der Waals surface area contributed by atoms with E-state index in [1.807, 2.05) is 6.07 Å². The standard InChI is InChI=1S/C23H14B10N4O3/c1-6(2)39-19-8(5-34)13(24)12(16(27)18(19)29)21-35-20(37-40-21)11-7-3-4-9(36-22(30,31)23(32,33)38)10(7)14(25)17(28)15(11)26/h6,9,36,38H,3-4H2,1-2H3/t9-/m0/s1. The Labute approximate surface area is 246 Å². The van der Waals surface area contributed by atoms with E-state index in [1.54, 1.807) is 13.8 Å². The first-order chi connectivity index (χ1) is 18.5. The second-order valence-corrected chi connectivity index (χ2v) is 9.96. The summed E-state index contributed by atoms with van der Waals surface area (Å²) in [6.45, 7) is 3.53. The molecule has 4 rings (SSSR count). The molecule has 0 fully saturated rings. The summed E-state index contributed by atoms with van der Waals surface area (Å²) in [7, 11) is 60.6. The number of benzene rings is 2. The number of nitrogens with zero attached hydrogens (tertiary/aromatic N) is 3. The van der Waals surface area contributed by atoms with Gasteiger partial charge in [0.2, 0.25) is 5.82 Å². The van der Waals surface area contributed by atoms with E-state index >= 15 is 0 Å². The molecule has 20 radical (unpaired) electrons. The van der Waals surface area contributed by atoms with Gasteiger partial charge in [0.15, 0.2) is 0 Å². The lowest BCUT2D eigenvalue weighted by Crippen LogP contribution is -2.66. The van der Waals surface area contributed by atoms with E-state index < -0.39 is 16.8 Å². The van der Waals surface area contributed by atoms with Crippen molar-refractivity contribution >= 4 is 111 Å². The van der Waals surface area contributed by atoms with E-state index in [0.29, 0.717) is 29.5 Å². The molecular weight excluding hydrogens is 488 g/mol. The molecule has 40 heavy (non-hydrogen) atoms. The van der Waals surface area contributed by atoms with Gasteiger partial charge in [0.1, 0.15) is 58.9 Å². The fourth-order valence-electron chi connectivity index (χ4n) is 4.69. The lowest BCUT2D eigenvalue weighted by Gasteiger charge is -2.43. The van der Waals surface area contributed by atoms with Crippen LogP contribution in [0.3, 0.4) is 0 Å². The topological polar surface area (TPSA) is 104 Å². The Bertz CT molecular complexity index is 1550. The predicted octanol–water partition coefficient (Wildman–Crippen LogP) is -5.62. The molecule has 0 amide bonds. The van der Waals surface area contributed by atoms with Crippen molar-refractivity contribution in [3.63, 3.8) is 0 Å². The molecule has 17 heteroatoms. The van der Waals surface area contributed by atoms with Gasteiger partial charge in [-0.1, -0.05) is 32.5 Å². The van der Waals surface area contributed by atoms with Gasteiger partial charge in [-0.2, -0.15) is 10.2 Å².